The molecular formula is C21H28FIN4O3S. The van der Waals surface area contributed by atoms with E-state index in [-0.39, 0.29) is 42.0 Å². The van der Waals surface area contributed by atoms with Crippen molar-refractivity contribution in [3.8, 4) is 5.75 Å². The highest BCUT2D eigenvalue weighted by Crippen LogP contribution is 2.25. The van der Waals surface area contributed by atoms with E-state index in [1.807, 2.05) is 12.1 Å². The summed E-state index contributed by atoms with van der Waals surface area (Å²) in [5, 5.41) is 6.16. The third-order valence-electron chi connectivity index (χ3n) is 4.79. The number of sulfonamides is 1. The summed E-state index contributed by atoms with van der Waals surface area (Å²) in [6.45, 7) is 3.19. The molecule has 0 spiro atoms. The molecule has 0 atom stereocenters. The van der Waals surface area contributed by atoms with Crippen LogP contribution in [-0.4, -0.2) is 46.9 Å². The Kier molecular flexibility index (Phi) is 9.35. The van der Waals surface area contributed by atoms with Crippen molar-refractivity contribution < 1.29 is 17.5 Å². The number of ether oxygens (including phenoxy) is 1. The fraction of sp³-hybridized carbons (Fsp3) is 0.381. The van der Waals surface area contributed by atoms with Gasteiger partial charge in [0.2, 0.25) is 10.0 Å². The van der Waals surface area contributed by atoms with Crippen LogP contribution in [0.3, 0.4) is 0 Å². The van der Waals surface area contributed by atoms with Gasteiger partial charge < -0.3 is 15.4 Å². The largest absolute Gasteiger partial charge is 0.493 e. The molecule has 1 heterocycles. The number of benzene rings is 2. The number of fused-ring (bicyclic) bond motifs is 1. The average Bonchev–Trinajstić information content (AvgIpc) is 3.17. The van der Waals surface area contributed by atoms with Crippen LogP contribution in [0.4, 0.5) is 10.1 Å². The van der Waals surface area contributed by atoms with Gasteiger partial charge in [0.1, 0.15) is 11.6 Å². The lowest BCUT2D eigenvalue weighted by Gasteiger charge is -2.13. The van der Waals surface area contributed by atoms with E-state index in [9.17, 15) is 12.8 Å². The molecule has 0 saturated heterocycles. The highest BCUT2D eigenvalue weighted by molar-refractivity contribution is 14.0. The van der Waals surface area contributed by atoms with Crippen LogP contribution in [0.5, 0.6) is 5.75 Å². The molecule has 0 fully saturated rings. The van der Waals surface area contributed by atoms with E-state index in [0.717, 1.165) is 25.2 Å². The highest BCUT2D eigenvalue weighted by Gasteiger charge is 2.13. The van der Waals surface area contributed by atoms with Crippen molar-refractivity contribution in [1.29, 1.82) is 0 Å². The number of anilines is 1. The first kappa shape index (κ1) is 25.2. The minimum absolute atomic E-state index is 0. The van der Waals surface area contributed by atoms with E-state index in [1.54, 1.807) is 14.0 Å². The van der Waals surface area contributed by atoms with Crippen molar-refractivity contribution in [2.24, 2.45) is 4.99 Å². The van der Waals surface area contributed by atoms with Crippen LogP contribution in [0.25, 0.3) is 0 Å². The van der Waals surface area contributed by atoms with Crippen LogP contribution in [0.2, 0.25) is 0 Å². The second-order valence-electron chi connectivity index (χ2n) is 7.10. The predicted octanol–water partition coefficient (Wildman–Crippen LogP) is 2.84. The molecular weight excluding hydrogens is 534 g/mol. The first-order valence-electron chi connectivity index (χ1n) is 9.82. The lowest BCUT2D eigenvalue weighted by Crippen LogP contribution is -2.40. The Hall–Kier alpha value is -2.08. The van der Waals surface area contributed by atoms with Crippen molar-refractivity contribution in [2.45, 2.75) is 19.8 Å². The van der Waals surface area contributed by atoms with Gasteiger partial charge in [-0.2, -0.15) is 0 Å². The topological polar surface area (TPSA) is 91.8 Å². The maximum atomic E-state index is 13.6. The van der Waals surface area contributed by atoms with Crippen LogP contribution in [0, 0.1) is 12.7 Å². The smallest absolute Gasteiger partial charge is 0.234 e. The fourth-order valence-corrected chi connectivity index (χ4v) is 4.09. The minimum Gasteiger partial charge on any atom is -0.493 e. The molecule has 10 heteroatoms. The standard InChI is InChI=1S/C21H27FN4O3S.HI/c1-15-3-5-18(14-19(15)22)26-30(27,28)12-10-25-21(23-2)24-9-7-16-4-6-20-17(13-16)8-11-29-20;/h3-6,13-14,26H,7-12H2,1-2H3,(H2,23,24,25);1H. The third-order valence-corrected chi connectivity index (χ3v) is 6.08. The highest BCUT2D eigenvalue weighted by atomic mass is 127. The summed E-state index contributed by atoms with van der Waals surface area (Å²) in [6.07, 6.45) is 1.75. The van der Waals surface area contributed by atoms with E-state index in [4.69, 9.17) is 4.74 Å². The van der Waals surface area contributed by atoms with E-state index in [0.29, 0.717) is 18.1 Å². The van der Waals surface area contributed by atoms with Crippen LogP contribution in [0.15, 0.2) is 41.4 Å². The van der Waals surface area contributed by atoms with Gasteiger partial charge in [0.15, 0.2) is 5.96 Å². The summed E-state index contributed by atoms with van der Waals surface area (Å²) in [5.41, 5.74) is 3.11. The summed E-state index contributed by atoms with van der Waals surface area (Å²) in [4.78, 5) is 4.11. The zero-order valence-corrected chi connectivity index (χ0v) is 20.7. The fourth-order valence-electron chi connectivity index (χ4n) is 3.13. The molecule has 3 rings (SSSR count). The Labute approximate surface area is 199 Å². The lowest BCUT2D eigenvalue weighted by atomic mass is 10.1. The Morgan fingerprint density at radius 3 is 2.68 bits per heavy atom. The number of halogens is 2. The van der Waals surface area contributed by atoms with Gasteiger partial charge in [-0.1, -0.05) is 18.2 Å². The summed E-state index contributed by atoms with van der Waals surface area (Å²) >= 11 is 0. The molecule has 1 aliphatic heterocycles. The molecule has 31 heavy (non-hydrogen) atoms. The number of rotatable bonds is 8. The molecule has 2 aromatic carbocycles. The van der Waals surface area contributed by atoms with Crippen molar-refractivity contribution >= 4 is 45.6 Å². The van der Waals surface area contributed by atoms with Crippen LogP contribution < -0.4 is 20.1 Å². The van der Waals surface area contributed by atoms with Gasteiger partial charge in [0, 0.05) is 26.6 Å². The van der Waals surface area contributed by atoms with Crippen LogP contribution in [-0.2, 0) is 22.9 Å². The van der Waals surface area contributed by atoms with Crippen LogP contribution in [0.1, 0.15) is 16.7 Å². The molecule has 3 N–H and O–H groups in total. The quantitative estimate of drug-likeness (QED) is 0.262. The third kappa shape index (κ3) is 7.53. The summed E-state index contributed by atoms with van der Waals surface area (Å²) in [6, 6.07) is 10.5. The molecule has 2 aromatic rings. The van der Waals surface area contributed by atoms with Crippen molar-refractivity contribution in [2.75, 3.05) is 37.2 Å². The summed E-state index contributed by atoms with van der Waals surface area (Å²) in [7, 11) is -1.98. The number of guanidine groups is 1. The molecule has 0 aliphatic carbocycles. The number of aliphatic imine (C=N–C) groups is 1. The van der Waals surface area contributed by atoms with Crippen molar-refractivity contribution in [3.63, 3.8) is 0 Å². The van der Waals surface area contributed by atoms with E-state index in [2.05, 4.69) is 26.4 Å². The molecule has 0 saturated carbocycles. The number of nitrogens with one attached hydrogen (secondary N) is 3. The van der Waals surface area contributed by atoms with E-state index in [1.165, 1.54) is 29.3 Å². The number of hydrogen-bond donors (Lipinski definition) is 3. The number of nitrogens with zero attached hydrogens (tertiary/aromatic N) is 1. The number of aryl methyl sites for hydroxylation is 1. The Morgan fingerprint density at radius 1 is 1.16 bits per heavy atom. The molecule has 0 radical (unpaired) electrons. The Morgan fingerprint density at radius 2 is 1.94 bits per heavy atom. The first-order valence-corrected chi connectivity index (χ1v) is 11.5. The predicted molar refractivity (Wildman–Crippen MR) is 133 cm³/mol. The lowest BCUT2D eigenvalue weighted by molar-refractivity contribution is 0.357. The van der Waals surface area contributed by atoms with Crippen LogP contribution >= 0.6 is 24.0 Å². The molecule has 7 nitrogen and oxygen atoms in total. The van der Waals surface area contributed by atoms with Gasteiger partial charge in [-0.3, -0.25) is 9.71 Å². The molecule has 0 amide bonds. The summed E-state index contributed by atoms with van der Waals surface area (Å²) < 4.78 is 45.9. The van der Waals surface area contributed by atoms with Crippen molar-refractivity contribution in [3.05, 3.63) is 58.9 Å². The van der Waals surface area contributed by atoms with Gasteiger partial charge in [-0.15, -0.1) is 24.0 Å². The SMILES string of the molecule is CN=C(NCCc1ccc2c(c1)CCO2)NCCS(=O)(=O)Nc1ccc(C)c(F)c1.I. The monoisotopic (exact) mass is 562 g/mol. The number of hydrogen-bond acceptors (Lipinski definition) is 4. The van der Waals surface area contributed by atoms with E-state index >= 15 is 0 Å². The average molecular weight is 562 g/mol. The maximum absolute atomic E-state index is 13.6. The second-order valence-corrected chi connectivity index (χ2v) is 8.94. The Balaban J connectivity index is 0.00000341. The molecule has 1 aliphatic rings. The van der Waals surface area contributed by atoms with E-state index < -0.39 is 15.8 Å². The molecule has 0 aromatic heterocycles. The first-order chi connectivity index (χ1) is 14.4. The van der Waals surface area contributed by atoms with Gasteiger partial charge in [-0.25, -0.2) is 12.8 Å². The van der Waals surface area contributed by atoms with Gasteiger partial charge in [0.05, 0.1) is 18.0 Å². The second kappa shape index (κ2) is 11.5. The normalized spacial score (nSPS) is 13.1. The molecule has 170 valence electrons. The van der Waals surface area contributed by atoms with Gasteiger partial charge in [-0.05, 0) is 48.2 Å². The zero-order valence-electron chi connectivity index (χ0n) is 17.6. The Bertz CT molecular complexity index is 1030. The maximum Gasteiger partial charge on any atom is 0.234 e. The van der Waals surface area contributed by atoms with Gasteiger partial charge in [0.25, 0.3) is 0 Å². The molecule has 0 unspecified atom stereocenters. The van der Waals surface area contributed by atoms with Gasteiger partial charge >= 0.3 is 0 Å². The minimum atomic E-state index is -3.61. The summed E-state index contributed by atoms with van der Waals surface area (Å²) in [5.74, 6) is 0.867. The van der Waals surface area contributed by atoms with Crippen molar-refractivity contribution in [1.82, 2.24) is 10.6 Å². The molecule has 0 bridgehead atoms. The zero-order chi connectivity index (χ0) is 21.6.